The quantitative estimate of drug-likeness (QED) is 0.615. The average molecular weight is 213 g/mol. The fourth-order valence-electron chi connectivity index (χ4n) is 1.26. The SMILES string of the molecule is C[C@@H](O)CCc1cccc([N+](=O)[O-])c1F. The molecule has 1 N–H and O–H groups in total. The van der Waals surface area contributed by atoms with Crippen molar-refractivity contribution < 1.29 is 14.4 Å². The van der Waals surface area contributed by atoms with Gasteiger partial charge in [-0.3, -0.25) is 10.1 Å². The Bertz CT molecular complexity index is 366. The Balaban J connectivity index is 2.89. The lowest BCUT2D eigenvalue weighted by Gasteiger charge is -2.05. The van der Waals surface area contributed by atoms with Crippen molar-refractivity contribution in [3.05, 3.63) is 39.7 Å². The first-order chi connectivity index (χ1) is 7.02. The first-order valence-corrected chi connectivity index (χ1v) is 4.62. The molecule has 0 fully saturated rings. The Morgan fingerprint density at radius 2 is 2.27 bits per heavy atom. The highest BCUT2D eigenvalue weighted by Crippen LogP contribution is 2.21. The monoisotopic (exact) mass is 213 g/mol. The standard InChI is InChI=1S/C10H12FNO3/c1-7(13)5-6-8-3-2-4-9(10(8)11)12(14)15/h2-4,7,13H,5-6H2,1H3/t7-/m1/s1. The van der Waals surface area contributed by atoms with Gasteiger partial charge in [-0.25, -0.2) is 0 Å². The van der Waals surface area contributed by atoms with E-state index in [-0.39, 0.29) is 5.56 Å². The van der Waals surface area contributed by atoms with Gasteiger partial charge in [0, 0.05) is 6.07 Å². The number of rotatable bonds is 4. The normalized spacial score (nSPS) is 12.5. The second kappa shape index (κ2) is 4.84. The van der Waals surface area contributed by atoms with Gasteiger partial charge < -0.3 is 5.11 Å². The molecule has 5 heteroatoms. The van der Waals surface area contributed by atoms with Gasteiger partial charge in [0.1, 0.15) is 0 Å². The van der Waals surface area contributed by atoms with Gasteiger partial charge in [-0.05, 0) is 25.3 Å². The second-order valence-corrected chi connectivity index (χ2v) is 3.40. The number of hydrogen-bond acceptors (Lipinski definition) is 3. The summed E-state index contributed by atoms with van der Waals surface area (Å²) >= 11 is 0. The number of nitro groups is 1. The maximum Gasteiger partial charge on any atom is 0.305 e. The molecule has 82 valence electrons. The third-order valence-corrected chi connectivity index (χ3v) is 2.09. The third kappa shape index (κ3) is 2.99. The molecule has 4 nitrogen and oxygen atoms in total. The van der Waals surface area contributed by atoms with Crippen LogP contribution in [0.5, 0.6) is 0 Å². The lowest BCUT2D eigenvalue weighted by atomic mass is 10.1. The van der Waals surface area contributed by atoms with Gasteiger partial charge in [-0.2, -0.15) is 4.39 Å². The molecule has 0 aliphatic carbocycles. The highest BCUT2D eigenvalue weighted by molar-refractivity contribution is 5.36. The van der Waals surface area contributed by atoms with E-state index in [9.17, 15) is 14.5 Å². The molecule has 0 unspecified atom stereocenters. The number of hydrogen-bond donors (Lipinski definition) is 1. The molecule has 0 aliphatic rings. The van der Waals surface area contributed by atoms with E-state index in [0.717, 1.165) is 6.07 Å². The molecule has 0 radical (unpaired) electrons. The van der Waals surface area contributed by atoms with Crippen LogP contribution in [-0.4, -0.2) is 16.1 Å². The van der Waals surface area contributed by atoms with E-state index in [1.807, 2.05) is 0 Å². The van der Waals surface area contributed by atoms with Gasteiger partial charge in [0.15, 0.2) is 0 Å². The molecule has 1 atom stereocenters. The fraction of sp³-hybridized carbons (Fsp3) is 0.400. The Kier molecular flexibility index (Phi) is 3.74. The van der Waals surface area contributed by atoms with Crippen molar-refractivity contribution in [3.63, 3.8) is 0 Å². The van der Waals surface area contributed by atoms with Crippen molar-refractivity contribution in [1.29, 1.82) is 0 Å². The first-order valence-electron chi connectivity index (χ1n) is 4.62. The van der Waals surface area contributed by atoms with Crippen LogP contribution in [0.4, 0.5) is 10.1 Å². The molecule has 1 aromatic carbocycles. The molecule has 0 saturated heterocycles. The summed E-state index contributed by atoms with van der Waals surface area (Å²) in [4.78, 5) is 9.68. The van der Waals surface area contributed by atoms with Gasteiger partial charge in [-0.15, -0.1) is 0 Å². The maximum absolute atomic E-state index is 13.5. The number of aliphatic hydroxyl groups excluding tert-OH is 1. The summed E-state index contributed by atoms with van der Waals surface area (Å²) in [6.07, 6.45) is 0.146. The Labute approximate surface area is 86.5 Å². The minimum Gasteiger partial charge on any atom is -0.393 e. The summed E-state index contributed by atoms with van der Waals surface area (Å²) in [5, 5.41) is 19.5. The van der Waals surface area contributed by atoms with Crippen LogP contribution in [0.2, 0.25) is 0 Å². The Hall–Kier alpha value is -1.49. The number of aliphatic hydroxyl groups is 1. The lowest BCUT2D eigenvalue weighted by Crippen LogP contribution is -2.04. The zero-order valence-electron chi connectivity index (χ0n) is 8.31. The maximum atomic E-state index is 13.5. The molecule has 0 heterocycles. The topological polar surface area (TPSA) is 63.4 Å². The number of nitro benzene ring substituents is 1. The molecule has 0 aromatic heterocycles. The number of halogens is 1. The summed E-state index contributed by atoms with van der Waals surface area (Å²) in [6, 6.07) is 4.06. The summed E-state index contributed by atoms with van der Waals surface area (Å²) in [6.45, 7) is 1.59. The van der Waals surface area contributed by atoms with Crippen molar-refractivity contribution in [1.82, 2.24) is 0 Å². The molecule has 1 rings (SSSR count). The number of aryl methyl sites for hydroxylation is 1. The molecule has 15 heavy (non-hydrogen) atoms. The minimum absolute atomic E-state index is 0.269. The van der Waals surface area contributed by atoms with Gasteiger partial charge in [0.2, 0.25) is 5.82 Å². The van der Waals surface area contributed by atoms with Crippen LogP contribution in [-0.2, 0) is 6.42 Å². The van der Waals surface area contributed by atoms with E-state index in [1.54, 1.807) is 6.92 Å². The third-order valence-electron chi connectivity index (χ3n) is 2.09. The van der Waals surface area contributed by atoms with Crippen molar-refractivity contribution in [2.75, 3.05) is 0 Å². The second-order valence-electron chi connectivity index (χ2n) is 3.40. The first kappa shape index (κ1) is 11.6. The van der Waals surface area contributed by atoms with E-state index in [1.165, 1.54) is 12.1 Å². The predicted octanol–water partition coefficient (Wildman–Crippen LogP) is 2.05. The number of benzene rings is 1. The van der Waals surface area contributed by atoms with E-state index in [4.69, 9.17) is 5.11 Å². The molecule has 0 bridgehead atoms. The molecular formula is C10H12FNO3. The fourth-order valence-corrected chi connectivity index (χ4v) is 1.26. The highest BCUT2D eigenvalue weighted by atomic mass is 19.1. The van der Waals surface area contributed by atoms with Crippen molar-refractivity contribution in [2.24, 2.45) is 0 Å². The van der Waals surface area contributed by atoms with Crippen LogP contribution >= 0.6 is 0 Å². The molecule has 0 spiro atoms. The van der Waals surface area contributed by atoms with Crippen LogP contribution < -0.4 is 0 Å². The lowest BCUT2D eigenvalue weighted by molar-refractivity contribution is -0.387. The predicted molar refractivity (Wildman–Crippen MR) is 53.1 cm³/mol. The van der Waals surface area contributed by atoms with Gasteiger partial charge in [0.25, 0.3) is 0 Å². The van der Waals surface area contributed by atoms with Crippen LogP contribution in [0.1, 0.15) is 18.9 Å². The van der Waals surface area contributed by atoms with Crippen molar-refractivity contribution in [3.8, 4) is 0 Å². The van der Waals surface area contributed by atoms with E-state index < -0.39 is 22.5 Å². The van der Waals surface area contributed by atoms with Crippen molar-refractivity contribution in [2.45, 2.75) is 25.9 Å². The van der Waals surface area contributed by atoms with Gasteiger partial charge in [0.05, 0.1) is 11.0 Å². The molecule has 0 amide bonds. The molecule has 0 aliphatic heterocycles. The molecule has 0 saturated carbocycles. The minimum atomic E-state index is -0.803. The van der Waals surface area contributed by atoms with Crippen LogP contribution in [0.25, 0.3) is 0 Å². The van der Waals surface area contributed by atoms with E-state index in [0.29, 0.717) is 12.8 Å². The molecular weight excluding hydrogens is 201 g/mol. The molecule has 1 aromatic rings. The largest absolute Gasteiger partial charge is 0.393 e. The number of nitrogens with zero attached hydrogens (tertiary/aromatic N) is 1. The summed E-state index contributed by atoms with van der Waals surface area (Å²) in [5.74, 6) is -0.803. The van der Waals surface area contributed by atoms with Crippen LogP contribution in [0.15, 0.2) is 18.2 Å². The van der Waals surface area contributed by atoms with Crippen LogP contribution in [0.3, 0.4) is 0 Å². The summed E-state index contributed by atoms with van der Waals surface area (Å²) in [5.41, 5.74) is -0.247. The smallest absolute Gasteiger partial charge is 0.305 e. The summed E-state index contributed by atoms with van der Waals surface area (Å²) < 4.78 is 13.5. The average Bonchev–Trinajstić information content (AvgIpc) is 2.15. The zero-order valence-corrected chi connectivity index (χ0v) is 8.31. The summed E-state index contributed by atoms with van der Waals surface area (Å²) in [7, 11) is 0. The van der Waals surface area contributed by atoms with Crippen molar-refractivity contribution >= 4 is 5.69 Å². The van der Waals surface area contributed by atoms with Gasteiger partial charge in [-0.1, -0.05) is 12.1 Å². The Morgan fingerprint density at radius 1 is 1.60 bits per heavy atom. The highest BCUT2D eigenvalue weighted by Gasteiger charge is 2.16. The van der Waals surface area contributed by atoms with Crippen LogP contribution in [0, 0.1) is 15.9 Å². The van der Waals surface area contributed by atoms with E-state index >= 15 is 0 Å². The van der Waals surface area contributed by atoms with E-state index in [2.05, 4.69) is 0 Å². The van der Waals surface area contributed by atoms with Gasteiger partial charge >= 0.3 is 5.69 Å². The Morgan fingerprint density at radius 3 is 2.80 bits per heavy atom. The zero-order chi connectivity index (χ0) is 11.4.